The van der Waals surface area contributed by atoms with Crippen LogP contribution in [-0.2, 0) is 11.3 Å². The molecule has 0 unspecified atom stereocenters. The normalized spacial score (nSPS) is 14.1. The van der Waals surface area contributed by atoms with Gasteiger partial charge in [-0.05, 0) is 43.9 Å². The fraction of sp³-hybridized carbons (Fsp3) is 0.381. The minimum absolute atomic E-state index is 0.0487. The first-order chi connectivity index (χ1) is 14.0. The molecule has 8 heteroatoms. The summed E-state index contributed by atoms with van der Waals surface area (Å²) in [5, 5.41) is 2.58. The van der Waals surface area contributed by atoms with Crippen molar-refractivity contribution in [3.8, 4) is 0 Å². The number of ether oxygens (including phenoxy) is 1. The van der Waals surface area contributed by atoms with Gasteiger partial charge in [-0.2, -0.15) is 0 Å². The summed E-state index contributed by atoms with van der Waals surface area (Å²) in [5.74, 6) is 0.885. The zero-order valence-electron chi connectivity index (χ0n) is 17.1. The molecule has 8 nitrogen and oxygen atoms in total. The van der Waals surface area contributed by atoms with E-state index in [1.54, 1.807) is 24.3 Å². The molecule has 154 valence electrons. The van der Waals surface area contributed by atoms with Gasteiger partial charge in [0.05, 0.1) is 7.11 Å². The van der Waals surface area contributed by atoms with Crippen molar-refractivity contribution in [2.45, 2.75) is 6.54 Å². The molecule has 0 saturated carbocycles. The van der Waals surface area contributed by atoms with Crippen LogP contribution < -0.4 is 10.2 Å². The van der Waals surface area contributed by atoms with Crippen molar-refractivity contribution < 1.29 is 14.3 Å². The molecule has 0 bridgehead atoms. The Balaban J connectivity index is 1.58. The molecule has 1 aliphatic rings. The average Bonchev–Trinajstić information content (AvgIpc) is 2.73. The van der Waals surface area contributed by atoms with Crippen molar-refractivity contribution in [3.05, 3.63) is 53.7 Å². The summed E-state index contributed by atoms with van der Waals surface area (Å²) >= 11 is 0. The van der Waals surface area contributed by atoms with Gasteiger partial charge in [-0.1, -0.05) is 12.1 Å². The van der Waals surface area contributed by atoms with Crippen LogP contribution in [0.3, 0.4) is 0 Å². The van der Waals surface area contributed by atoms with Crippen molar-refractivity contribution in [2.75, 3.05) is 57.6 Å². The highest BCUT2D eigenvalue weighted by Crippen LogP contribution is 2.18. The van der Waals surface area contributed by atoms with Gasteiger partial charge >= 0.3 is 6.09 Å². The van der Waals surface area contributed by atoms with Crippen LogP contribution in [0.4, 0.5) is 16.3 Å². The molecule has 29 heavy (non-hydrogen) atoms. The van der Waals surface area contributed by atoms with Crippen molar-refractivity contribution in [3.63, 3.8) is 0 Å². The van der Waals surface area contributed by atoms with E-state index in [2.05, 4.69) is 30.9 Å². The zero-order valence-corrected chi connectivity index (χ0v) is 17.1. The summed E-state index contributed by atoms with van der Waals surface area (Å²) in [6, 6.07) is 11.0. The third-order valence-electron chi connectivity index (χ3n) is 4.74. The number of piperazine rings is 1. The number of amides is 2. The van der Waals surface area contributed by atoms with Gasteiger partial charge in [-0.3, -0.25) is 10.1 Å². The molecule has 1 fully saturated rings. The molecule has 0 atom stereocenters. The maximum atomic E-state index is 12.8. The fourth-order valence-electron chi connectivity index (χ4n) is 3.28. The summed E-state index contributed by atoms with van der Waals surface area (Å²) < 4.78 is 4.59. The number of hydrogen-bond donors (Lipinski definition) is 1. The van der Waals surface area contributed by atoms with Crippen LogP contribution in [0.5, 0.6) is 0 Å². The van der Waals surface area contributed by atoms with Gasteiger partial charge in [-0.25, -0.2) is 9.78 Å². The molecule has 1 N–H and O–H groups in total. The largest absolute Gasteiger partial charge is 0.453 e. The second-order valence-electron chi connectivity index (χ2n) is 7.24. The van der Waals surface area contributed by atoms with E-state index in [0.717, 1.165) is 25.5 Å². The second-order valence-corrected chi connectivity index (χ2v) is 7.24. The Labute approximate surface area is 171 Å². The lowest BCUT2D eigenvalue weighted by molar-refractivity contribution is 0.0746. The maximum absolute atomic E-state index is 12.8. The van der Waals surface area contributed by atoms with Crippen LogP contribution in [0.2, 0.25) is 0 Å². The molecule has 1 aromatic heterocycles. The van der Waals surface area contributed by atoms with Gasteiger partial charge in [0.2, 0.25) is 0 Å². The molecule has 3 rings (SSSR count). The number of anilines is 2. The Morgan fingerprint density at radius 1 is 1.14 bits per heavy atom. The molecule has 2 amide bonds. The Bertz CT molecular complexity index is 846. The minimum atomic E-state index is -0.563. The van der Waals surface area contributed by atoms with Crippen molar-refractivity contribution in [2.24, 2.45) is 0 Å². The first-order valence-corrected chi connectivity index (χ1v) is 9.55. The highest BCUT2D eigenvalue weighted by atomic mass is 16.5. The van der Waals surface area contributed by atoms with E-state index in [9.17, 15) is 9.59 Å². The minimum Gasteiger partial charge on any atom is -0.453 e. The monoisotopic (exact) mass is 397 g/mol. The fourth-order valence-corrected chi connectivity index (χ4v) is 3.28. The van der Waals surface area contributed by atoms with Gasteiger partial charge in [0.15, 0.2) is 0 Å². The molecule has 2 heterocycles. The third kappa shape index (κ3) is 5.45. The van der Waals surface area contributed by atoms with Crippen LogP contribution >= 0.6 is 0 Å². The summed E-state index contributed by atoms with van der Waals surface area (Å²) in [6.07, 6.45) is 1.35. The van der Waals surface area contributed by atoms with Gasteiger partial charge in [0.25, 0.3) is 5.91 Å². The number of pyridine rings is 1. The number of rotatable bonds is 5. The van der Waals surface area contributed by atoms with Crippen molar-refractivity contribution in [1.29, 1.82) is 0 Å². The average molecular weight is 397 g/mol. The van der Waals surface area contributed by atoms with Crippen LogP contribution in [0, 0.1) is 0 Å². The van der Waals surface area contributed by atoms with E-state index in [4.69, 9.17) is 0 Å². The Morgan fingerprint density at radius 3 is 2.52 bits per heavy atom. The smallest absolute Gasteiger partial charge is 0.411 e. The van der Waals surface area contributed by atoms with Crippen molar-refractivity contribution >= 4 is 23.5 Å². The highest BCUT2D eigenvalue weighted by Gasteiger charge is 2.23. The Kier molecular flexibility index (Phi) is 6.66. The van der Waals surface area contributed by atoms with Gasteiger partial charge in [0, 0.05) is 50.2 Å². The lowest BCUT2D eigenvalue weighted by Crippen LogP contribution is -2.49. The topological polar surface area (TPSA) is 78.0 Å². The van der Waals surface area contributed by atoms with Crippen LogP contribution in [0.25, 0.3) is 0 Å². The van der Waals surface area contributed by atoms with E-state index < -0.39 is 6.09 Å². The molecule has 2 aromatic rings. The van der Waals surface area contributed by atoms with Crippen LogP contribution in [-0.4, -0.2) is 74.2 Å². The van der Waals surface area contributed by atoms with E-state index >= 15 is 0 Å². The summed E-state index contributed by atoms with van der Waals surface area (Å²) in [6.45, 7) is 3.56. The lowest BCUT2D eigenvalue weighted by atomic mass is 10.1. The Morgan fingerprint density at radius 2 is 1.90 bits per heavy atom. The maximum Gasteiger partial charge on any atom is 0.411 e. The summed E-state index contributed by atoms with van der Waals surface area (Å²) in [5.41, 5.74) is 2.25. The first-order valence-electron chi connectivity index (χ1n) is 9.55. The molecule has 0 spiro atoms. The SMILES string of the molecule is COC(=O)Nc1cccc(C(=O)N2CCN(c3ccc(CN(C)C)cn3)CC2)c1. The number of carbonyl (C=O) groups is 2. The van der Waals surface area contributed by atoms with Crippen LogP contribution in [0.15, 0.2) is 42.6 Å². The van der Waals surface area contributed by atoms with E-state index in [-0.39, 0.29) is 5.91 Å². The third-order valence-corrected chi connectivity index (χ3v) is 4.74. The molecule has 1 aromatic carbocycles. The number of carbonyl (C=O) groups excluding carboxylic acids is 2. The molecule has 0 aliphatic carbocycles. The first kappa shape index (κ1) is 20.6. The number of nitrogens with one attached hydrogen (secondary N) is 1. The predicted octanol–water partition coefficient (Wildman–Crippen LogP) is 2.28. The number of aromatic nitrogens is 1. The van der Waals surface area contributed by atoms with Gasteiger partial charge in [0.1, 0.15) is 5.82 Å². The van der Waals surface area contributed by atoms with E-state index in [1.165, 1.54) is 12.7 Å². The van der Waals surface area contributed by atoms with E-state index in [1.807, 2.05) is 31.3 Å². The molecular weight excluding hydrogens is 370 g/mol. The molecule has 1 saturated heterocycles. The van der Waals surface area contributed by atoms with Gasteiger partial charge in [-0.15, -0.1) is 0 Å². The predicted molar refractivity (Wildman–Crippen MR) is 112 cm³/mol. The Hall–Kier alpha value is -3.13. The molecule has 1 aliphatic heterocycles. The number of benzene rings is 1. The van der Waals surface area contributed by atoms with Gasteiger partial charge < -0.3 is 19.4 Å². The molecular formula is C21H27N5O3. The summed E-state index contributed by atoms with van der Waals surface area (Å²) in [4.78, 5) is 34.9. The number of methoxy groups -OCH3 is 1. The second kappa shape index (κ2) is 9.38. The molecule has 0 radical (unpaired) electrons. The summed E-state index contributed by atoms with van der Waals surface area (Å²) in [7, 11) is 5.37. The van der Waals surface area contributed by atoms with Crippen LogP contribution in [0.1, 0.15) is 15.9 Å². The van der Waals surface area contributed by atoms with Crippen molar-refractivity contribution in [1.82, 2.24) is 14.8 Å². The van der Waals surface area contributed by atoms with E-state index in [0.29, 0.717) is 24.3 Å². The number of hydrogen-bond acceptors (Lipinski definition) is 6. The lowest BCUT2D eigenvalue weighted by Gasteiger charge is -2.35. The standard InChI is InChI=1S/C21H27N5O3/c1-24(2)15-16-7-8-19(22-14-16)25-9-11-26(12-10-25)20(27)17-5-4-6-18(13-17)23-21(28)29-3/h4-8,13-14H,9-12,15H2,1-3H3,(H,23,28). The zero-order chi connectivity index (χ0) is 20.8. The number of nitrogens with zero attached hydrogens (tertiary/aromatic N) is 4. The quantitative estimate of drug-likeness (QED) is 0.834. The highest BCUT2D eigenvalue weighted by molar-refractivity contribution is 5.96.